The van der Waals surface area contributed by atoms with Crippen molar-refractivity contribution in [2.45, 2.75) is 39.3 Å². The molecule has 0 bridgehead atoms. The molecule has 0 saturated carbocycles. The number of ether oxygens (including phenoxy) is 2. The lowest BCUT2D eigenvalue weighted by Crippen LogP contribution is -2.40. The first kappa shape index (κ1) is 15.3. The van der Waals surface area contributed by atoms with Gasteiger partial charge in [0.25, 0.3) is 0 Å². The highest BCUT2D eigenvalue weighted by Gasteiger charge is 2.17. The second-order valence-corrected chi connectivity index (χ2v) is 7.24. The van der Waals surface area contributed by atoms with Gasteiger partial charge in [-0.2, -0.15) is 0 Å². The molecular weight excluding hydrogens is 318 g/mol. The van der Waals surface area contributed by atoms with Crippen molar-refractivity contribution in [2.75, 3.05) is 6.61 Å². The molecule has 0 saturated heterocycles. The van der Waals surface area contributed by atoms with Crippen molar-refractivity contribution in [1.29, 1.82) is 0 Å². The molecule has 4 nitrogen and oxygen atoms in total. The molecule has 0 spiro atoms. The fourth-order valence-electron chi connectivity index (χ4n) is 1.14. The van der Waals surface area contributed by atoms with E-state index >= 15 is 0 Å². The standard InChI is InChI=1S/C12H18BrNO3S/c1-8(14-11(15)17-12(2,3)4)6-16-9-5-10(13)18-7-9/h5,7-8H,6H2,1-4H3,(H,14,15)/t8-/m0/s1. The Morgan fingerprint density at radius 2 is 2.22 bits per heavy atom. The third kappa shape index (κ3) is 6.26. The Balaban J connectivity index is 2.29. The van der Waals surface area contributed by atoms with E-state index in [0.29, 0.717) is 6.61 Å². The van der Waals surface area contributed by atoms with Gasteiger partial charge in [0.1, 0.15) is 18.0 Å². The predicted octanol–water partition coefficient (Wildman–Crippen LogP) is 3.80. The highest BCUT2D eigenvalue weighted by atomic mass is 79.9. The van der Waals surface area contributed by atoms with E-state index in [1.54, 1.807) is 11.3 Å². The van der Waals surface area contributed by atoms with Crippen LogP contribution in [-0.2, 0) is 4.74 Å². The summed E-state index contributed by atoms with van der Waals surface area (Å²) in [6.45, 7) is 7.76. The second-order valence-electron chi connectivity index (χ2n) is 4.94. The monoisotopic (exact) mass is 335 g/mol. The van der Waals surface area contributed by atoms with Crippen LogP contribution in [0.4, 0.5) is 4.79 Å². The molecule has 1 heterocycles. The summed E-state index contributed by atoms with van der Waals surface area (Å²) >= 11 is 4.92. The molecular formula is C12H18BrNO3S. The predicted molar refractivity (Wildman–Crippen MR) is 76.3 cm³/mol. The lowest BCUT2D eigenvalue weighted by molar-refractivity contribution is 0.0494. The van der Waals surface area contributed by atoms with E-state index in [2.05, 4.69) is 21.2 Å². The van der Waals surface area contributed by atoms with E-state index in [4.69, 9.17) is 9.47 Å². The molecule has 0 radical (unpaired) electrons. The summed E-state index contributed by atoms with van der Waals surface area (Å²) < 4.78 is 11.7. The van der Waals surface area contributed by atoms with Gasteiger partial charge in [-0.25, -0.2) is 4.79 Å². The van der Waals surface area contributed by atoms with Crippen molar-refractivity contribution in [3.8, 4) is 5.75 Å². The fraction of sp³-hybridized carbons (Fsp3) is 0.583. The van der Waals surface area contributed by atoms with Gasteiger partial charge in [0.15, 0.2) is 0 Å². The Kier molecular flexibility index (Phi) is 5.47. The molecule has 1 aromatic rings. The number of thiophene rings is 1. The molecule has 102 valence electrons. The normalized spacial score (nSPS) is 12.9. The van der Waals surface area contributed by atoms with Gasteiger partial charge in [-0.1, -0.05) is 0 Å². The molecule has 0 aliphatic rings. The Morgan fingerprint density at radius 3 is 2.72 bits per heavy atom. The number of hydrogen-bond donors (Lipinski definition) is 1. The minimum Gasteiger partial charge on any atom is -0.491 e. The summed E-state index contributed by atoms with van der Waals surface area (Å²) in [4.78, 5) is 11.5. The van der Waals surface area contributed by atoms with E-state index in [-0.39, 0.29) is 6.04 Å². The zero-order valence-corrected chi connectivity index (χ0v) is 13.4. The number of carbonyl (C=O) groups is 1. The molecule has 0 unspecified atom stereocenters. The zero-order chi connectivity index (χ0) is 13.8. The van der Waals surface area contributed by atoms with Gasteiger partial charge < -0.3 is 14.8 Å². The van der Waals surface area contributed by atoms with Crippen LogP contribution in [0, 0.1) is 0 Å². The van der Waals surface area contributed by atoms with E-state index in [9.17, 15) is 4.79 Å². The van der Waals surface area contributed by atoms with Crippen LogP contribution in [0.5, 0.6) is 5.75 Å². The van der Waals surface area contributed by atoms with E-state index < -0.39 is 11.7 Å². The lowest BCUT2D eigenvalue weighted by atomic mass is 10.2. The van der Waals surface area contributed by atoms with Gasteiger partial charge in [-0.05, 0) is 43.6 Å². The minimum absolute atomic E-state index is 0.112. The van der Waals surface area contributed by atoms with Gasteiger partial charge in [0.2, 0.25) is 0 Å². The van der Waals surface area contributed by atoms with Crippen molar-refractivity contribution < 1.29 is 14.3 Å². The lowest BCUT2D eigenvalue weighted by Gasteiger charge is -2.21. The number of rotatable bonds is 4. The third-order valence-electron chi connectivity index (χ3n) is 1.81. The van der Waals surface area contributed by atoms with Gasteiger partial charge in [-0.15, -0.1) is 11.3 Å². The fourth-order valence-corrected chi connectivity index (χ4v) is 2.20. The van der Waals surface area contributed by atoms with E-state index in [1.807, 2.05) is 39.1 Å². The van der Waals surface area contributed by atoms with Crippen LogP contribution in [0.3, 0.4) is 0 Å². The Hall–Kier alpha value is -0.750. The summed E-state index contributed by atoms with van der Waals surface area (Å²) in [7, 11) is 0. The molecule has 6 heteroatoms. The molecule has 1 amide bonds. The van der Waals surface area contributed by atoms with Gasteiger partial charge >= 0.3 is 6.09 Å². The quantitative estimate of drug-likeness (QED) is 0.910. The SMILES string of the molecule is C[C@@H](COc1csc(Br)c1)NC(=O)OC(C)(C)C. The second kappa shape index (κ2) is 6.43. The third-order valence-corrected chi connectivity index (χ3v) is 3.29. The molecule has 1 rings (SSSR count). The summed E-state index contributed by atoms with van der Waals surface area (Å²) in [5, 5.41) is 4.63. The average molecular weight is 336 g/mol. The first-order valence-corrected chi connectivity index (χ1v) is 7.30. The van der Waals surface area contributed by atoms with Crippen molar-refractivity contribution in [2.24, 2.45) is 0 Å². The van der Waals surface area contributed by atoms with Crippen molar-refractivity contribution in [1.82, 2.24) is 5.32 Å². The summed E-state index contributed by atoms with van der Waals surface area (Å²) in [6, 6.07) is 1.78. The summed E-state index contributed by atoms with van der Waals surface area (Å²) in [5.74, 6) is 0.796. The van der Waals surface area contributed by atoms with Crippen LogP contribution in [0.25, 0.3) is 0 Å². The average Bonchev–Trinajstić information content (AvgIpc) is 2.58. The van der Waals surface area contributed by atoms with Crippen LogP contribution in [0.1, 0.15) is 27.7 Å². The minimum atomic E-state index is -0.483. The topological polar surface area (TPSA) is 47.6 Å². The number of alkyl carbamates (subject to hydrolysis) is 1. The first-order valence-electron chi connectivity index (χ1n) is 5.62. The van der Waals surface area contributed by atoms with Crippen LogP contribution in [0.15, 0.2) is 15.2 Å². The number of amides is 1. The number of hydrogen-bond acceptors (Lipinski definition) is 4. The molecule has 0 aliphatic carbocycles. The van der Waals surface area contributed by atoms with Gasteiger partial charge in [-0.3, -0.25) is 0 Å². The molecule has 0 fully saturated rings. The van der Waals surface area contributed by atoms with Gasteiger partial charge in [0, 0.05) is 11.4 Å². The molecule has 18 heavy (non-hydrogen) atoms. The van der Waals surface area contributed by atoms with Crippen LogP contribution >= 0.6 is 27.3 Å². The number of halogens is 1. The summed E-state index contributed by atoms with van der Waals surface area (Å²) in [5.41, 5.74) is -0.483. The molecule has 0 aromatic carbocycles. The smallest absolute Gasteiger partial charge is 0.407 e. The first-order chi connectivity index (χ1) is 8.26. The summed E-state index contributed by atoms with van der Waals surface area (Å²) in [6.07, 6.45) is -0.426. The maximum atomic E-state index is 11.5. The van der Waals surface area contributed by atoms with Crippen molar-refractivity contribution in [3.63, 3.8) is 0 Å². The van der Waals surface area contributed by atoms with Crippen molar-refractivity contribution >= 4 is 33.4 Å². The highest BCUT2D eigenvalue weighted by Crippen LogP contribution is 2.26. The highest BCUT2D eigenvalue weighted by molar-refractivity contribution is 9.11. The maximum absolute atomic E-state index is 11.5. The van der Waals surface area contributed by atoms with Gasteiger partial charge in [0.05, 0.1) is 9.83 Å². The van der Waals surface area contributed by atoms with Crippen LogP contribution in [-0.4, -0.2) is 24.3 Å². The number of nitrogens with one attached hydrogen (secondary N) is 1. The Bertz CT molecular complexity index is 400. The molecule has 0 aliphatic heterocycles. The van der Waals surface area contributed by atoms with E-state index in [1.165, 1.54) is 0 Å². The van der Waals surface area contributed by atoms with E-state index in [0.717, 1.165) is 9.54 Å². The van der Waals surface area contributed by atoms with Crippen LogP contribution in [0.2, 0.25) is 0 Å². The Morgan fingerprint density at radius 1 is 1.56 bits per heavy atom. The van der Waals surface area contributed by atoms with Crippen molar-refractivity contribution in [3.05, 3.63) is 15.2 Å². The Labute approximate surface area is 120 Å². The van der Waals surface area contributed by atoms with Crippen LogP contribution < -0.4 is 10.1 Å². The number of carbonyl (C=O) groups excluding carboxylic acids is 1. The molecule has 1 aromatic heterocycles. The molecule has 1 N–H and O–H groups in total. The maximum Gasteiger partial charge on any atom is 0.407 e. The zero-order valence-electron chi connectivity index (χ0n) is 11.0. The largest absolute Gasteiger partial charge is 0.491 e. The molecule has 1 atom stereocenters.